The highest BCUT2D eigenvalue weighted by Crippen LogP contribution is 2.41. The third kappa shape index (κ3) is 1.79. The number of rotatable bonds is 2. The lowest BCUT2D eigenvalue weighted by Crippen LogP contribution is -1.95. The zero-order valence-corrected chi connectivity index (χ0v) is 9.94. The fourth-order valence-corrected chi connectivity index (χ4v) is 2.01. The van der Waals surface area contributed by atoms with E-state index >= 15 is 0 Å². The van der Waals surface area contributed by atoms with Gasteiger partial charge in [0.2, 0.25) is 0 Å². The van der Waals surface area contributed by atoms with Crippen LogP contribution in [0.25, 0.3) is 0 Å². The van der Waals surface area contributed by atoms with Crippen molar-refractivity contribution in [2.24, 2.45) is 0 Å². The number of ether oxygens (including phenoxy) is 2. The molecule has 0 unspecified atom stereocenters. The lowest BCUT2D eigenvalue weighted by molar-refractivity contribution is 0.352. The molecule has 74 valence electrons. The van der Waals surface area contributed by atoms with Gasteiger partial charge in [0, 0.05) is 0 Å². The Kier molecular flexibility index (Phi) is 3.62. The molecule has 0 atom stereocenters. The molecule has 1 aromatic rings. The molecule has 5 heteroatoms. The van der Waals surface area contributed by atoms with Crippen LogP contribution >= 0.6 is 27.5 Å². The van der Waals surface area contributed by atoms with Crippen molar-refractivity contribution in [1.82, 2.24) is 0 Å². The van der Waals surface area contributed by atoms with E-state index in [0.29, 0.717) is 21.0 Å². The minimum Gasteiger partial charge on any atom is -0.492 e. The van der Waals surface area contributed by atoms with Gasteiger partial charge in [-0.15, -0.1) is 0 Å². The summed E-state index contributed by atoms with van der Waals surface area (Å²) in [5, 5.41) is 9.19. The Labute approximate surface area is 95.3 Å². The molecule has 0 amide bonds. The summed E-state index contributed by atoms with van der Waals surface area (Å²) in [5.74, 6) is 0.808. The summed E-state index contributed by atoms with van der Waals surface area (Å²) < 4.78 is 10.8. The molecule has 0 heterocycles. The van der Waals surface area contributed by atoms with Crippen molar-refractivity contribution in [3.05, 3.63) is 21.1 Å². The molecule has 1 rings (SSSR count). The zero-order valence-electron chi connectivity index (χ0n) is 7.60. The Morgan fingerprint density at radius 2 is 1.93 bits per heavy atom. The average Bonchev–Trinajstić information content (AvgIpc) is 2.16. The number of halogens is 2. The van der Waals surface area contributed by atoms with Crippen molar-refractivity contribution < 1.29 is 9.47 Å². The molecule has 0 aliphatic heterocycles. The maximum atomic E-state index is 8.86. The Bertz CT molecular complexity index is 401. The molecule has 0 N–H and O–H groups in total. The van der Waals surface area contributed by atoms with Crippen molar-refractivity contribution in [3.8, 4) is 17.6 Å². The van der Waals surface area contributed by atoms with Gasteiger partial charge in [-0.2, -0.15) is 5.26 Å². The van der Waals surface area contributed by atoms with E-state index in [2.05, 4.69) is 15.9 Å². The number of nitriles is 1. The summed E-state index contributed by atoms with van der Waals surface area (Å²) >= 11 is 9.12. The monoisotopic (exact) mass is 275 g/mol. The Hall–Kier alpha value is -0.920. The first-order chi connectivity index (χ1) is 6.65. The molecule has 0 saturated carbocycles. The van der Waals surface area contributed by atoms with Gasteiger partial charge >= 0.3 is 0 Å². The molecule has 1 aromatic carbocycles. The Morgan fingerprint density at radius 3 is 2.36 bits per heavy atom. The molecule has 3 nitrogen and oxygen atoms in total. The quantitative estimate of drug-likeness (QED) is 0.834. The SMILES string of the molecule is COc1c(Br)cc(Cl)c(C#N)c1OC. The van der Waals surface area contributed by atoms with Gasteiger partial charge in [0.25, 0.3) is 0 Å². The Morgan fingerprint density at radius 1 is 1.36 bits per heavy atom. The summed E-state index contributed by atoms with van der Waals surface area (Å²) in [5.41, 5.74) is 0.272. The van der Waals surface area contributed by atoms with Crippen molar-refractivity contribution in [3.63, 3.8) is 0 Å². The van der Waals surface area contributed by atoms with Crippen LogP contribution in [0.15, 0.2) is 10.5 Å². The van der Waals surface area contributed by atoms with Crippen LogP contribution in [0.5, 0.6) is 11.5 Å². The first-order valence-corrected chi connectivity index (χ1v) is 4.82. The van der Waals surface area contributed by atoms with E-state index in [1.807, 2.05) is 6.07 Å². The van der Waals surface area contributed by atoms with Crippen LogP contribution in [0.4, 0.5) is 0 Å². The molecule has 0 saturated heterocycles. The van der Waals surface area contributed by atoms with Gasteiger partial charge in [-0.25, -0.2) is 0 Å². The fourth-order valence-electron chi connectivity index (χ4n) is 1.07. The van der Waals surface area contributed by atoms with Gasteiger partial charge in [0.05, 0.1) is 23.7 Å². The molecule has 0 aromatic heterocycles. The van der Waals surface area contributed by atoms with Crippen molar-refractivity contribution in [2.75, 3.05) is 14.2 Å². The van der Waals surface area contributed by atoms with Crippen molar-refractivity contribution >= 4 is 27.5 Å². The van der Waals surface area contributed by atoms with Crippen LogP contribution in [-0.4, -0.2) is 14.2 Å². The largest absolute Gasteiger partial charge is 0.492 e. The lowest BCUT2D eigenvalue weighted by atomic mass is 10.2. The molecule has 0 radical (unpaired) electrons. The number of methoxy groups -OCH3 is 2. The van der Waals surface area contributed by atoms with Crippen molar-refractivity contribution in [1.29, 1.82) is 5.26 Å². The second kappa shape index (κ2) is 4.54. The van der Waals surface area contributed by atoms with E-state index in [1.165, 1.54) is 14.2 Å². The van der Waals surface area contributed by atoms with E-state index in [0.717, 1.165) is 0 Å². The van der Waals surface area contributed by atoms with Gasteiger partial charge in [-0.05, 0) is 22.0 Å². The summed E-state index contributed by atoms with van der Waals surface area (Å²) in [7, 11) is 2.96. The first-order valence-electron chi connectivity index (χ1n) is 3.65. The maximum absolute atomic E-state index is 8.86. The fraction of sp³-hybridized carbons (Fsp3) is 0.222. The van der Waals surface area contributed by atoms with Crippen LogP contribution in [0.1, 0.15) is 5.56 Å². The average molecular weight is 277 g/mol. The third-order valence-corrected chi connectivity index (χ3v) is 2.55. The summed E-state index contributed by atoms with van der Waals surface area (Å²) in [4.78, 5) is 0. The van der Waals surface area contributed by atoms with Gasteiger partial charge in [-0.3, -0.25) is 0 Å². The van der Waals surface area contributed by atoms with Gasteiger partial charge in [0.1, 0.15) is 11.6 Å². The molecular weight excluding hydrogens is 269 g/mol. The number of hydrogen-bond donors (Lipinski definition) is 0. The van der Waals surface area contributed by atoms with Crippen LogP contribution in [0.3, 0.4) is 0 Å². The number of nitrogens with zero attached hydrogens (tertiary/aromatic N) is 1. The highest BCUT2D eigenvalue weighted by Gasteiger charge is 2.17. The van der Waals surface area contributed by atoms with E-state index in [4.69, 9.17) is 26.3 Å². The maximum Gasteiger partial charge on any atom is 0.181 e. The minimum absolute atomic E-state index is 0.272. The normalized spacial score (nSPS) is 9.36. The Balaban J connectivity index is 3.53. The smallest absolute Gasteiger partial charge is 0.181 e. The van der Waals surface area contributed by atoms with Crippen molar-refractivity contribution in [2.45, 2.75) is 0 Å². The topological polar surface area (TPSA) is 42.2 Å². The standard InChI is InChI=1S/C9H7BrClNO2/c1-13-8-5(4-12)7(11)3-6(10)9(8)14-2/h3H,1-2H3. The molecule has 0 aliphatic rings. The van der Waals surface area contributed by atoms with E-state index in [-0.39, 0.29) is 5.56 Å². The summed E-state index contributed by atoms with van der Waals surface area (Å²) in [6.07, 6.45) is 0. The van der Waals surface area contributed by atoms with Crippen LogP contribution in [0, 0.1) is 11.3 Å². The van der Waals surface area contributed by atoms with Crippen LogP contribution < -0.4 is 9.47 Å². The molecule has 0 spiro atoms. The predicted molar refractivity (Wildman–Crippen MR) is 57.0 cm³/mol. The van der Waals surface area contributed by atoms with Gasteiger partial charge < -0.3 is 9.47 Å². The molecular formula is C9H7BrClNO2. The molecule has 0 aliphatic carbocycles. The van der Waals surface area contributed by atoms with Gasteiger partial charge in [0.15, 0.2) is 11.5 Å². The lowest BCUT2D eigenvalue weighted by Gasteiger charge is -2.11. The predicted octanol–water partition coefficient (Wildman–Crippen LogP) is 2.99. The van der Waals surface area contributed by atoms with E-state index < -0.39 is 0 Å². The third-order valence-electron chi connectivity index (χ3n) is 1.66. The number of hydrogen-bond acceptors (Lipinski definition) is 3. The molecule has 0 fully saturated rings. The van der Waals surface area contributed by atoms with E-state index in [9.17, 15) is 0 Å². The first kappa shape index (κ1) is 11.2. The summed E-state index contributed by atoms with van der Waals surface area (Å²) in [6.45, 7) is 0. The minimum atomic E-state index is 0.272. The van der Waals surface area contributed by atoms with Gasteiger partial charge in [-0.1, -0.05) is 11.6 Å². The van der Waals surface area contributed by atoms with E-state index in [1.54, 1.807) is 6.07 Å². The molecule has 0 bridgehead atoms. The highest BCUT2D eigenvalue weighted by atomic mass is 79.9. The summed E-state index contributed by atoms with van der Waals surface area (Å²) in [6, 6.07) is 3.56. The van der Waals surface area contributed by atoms with Crippen LogP contribution in [0.2, 0.25) is 5.02 Å². The second-order valence-electron chi connectivity index (χ2n) is 2.39. The van der Waals surface area contributed by atoms with Crippen LogP contribution in [-0.2, 0) is 0 Å². The number of benzene rings is 1. The second-order valence-corrected chi connectivity index (χ2v) is 3.66. The highest BCUT2D eigenvalue weighted by molar-refractivity contribution is 9.10. The molecule has 14 heavy (non-hydrogen) atoms. The zero-order chi connectivity index (χ0) is 10.7.